The van der Waals surface area contributed by atoms with Crippen molar-refractivity contribution in [3.8, 4) is 0 Å². The molecule has 2 aromatic rings. The molecule has 35 heavy (non-hydrogen) atoms. The number of amides is 3. The van der Waals surface area contributed by atoms with Gasteiger partial charge in [-0.25, -0.2) is 4.79 Å². The lowest BCUT2D eigenvalue weighted by Crippen LogP contribution is -2.52. The maximum atomic E-state index is 13.0. The average molecular weight is 555 g/mol. The molecule has 0 aromatic carbocycles. The Labute approximate surface area is 209 Å². The van der Waals surface area contributed by atoms with E-state index in [0.717, 1.165) is 0 Å². The third kappa shape index (κ3) is 6.35. The molecule has 3 rings (SSSR count). The van der Waals surface area contributed by atoms with Gasteiger partial charge >= 0.3 is 11.9 Å². The molecule has 14 nitrogen and oxygen atoms in total. The van der Waals surface area contributed by atoms with E-state index in [9.17, 15) is 24.5 Å². The predicted molar refractivity (Wildman–Crippen MR) is 127 cm³/mol. The highest BCUT2D eigenvalue weighted by Crippen LogP contribution is 2.22. The van der Waals surface area contributed by atoms with Crippen molar-refractivity contribution in [3.63, 3.8) is 0 Å². The van der Waals surface area contributed by atoms with Crippen LogP contribution in [0.5, 0.6) is 0 Å². The highest BCUT2D eigenvalue weighted by Gasteiger charge is 2.29. The van der Waals surface area contributed by atoms with E-state index in [1.54, 1.807) is 36.8 Å². The van der Waals surface area contributed by atoms with Gasteiger partial charge in [-0.05, 0) is 41.6 Å². The summed E-state index contributed by atoms with van der Waals surface area (Å²) in [7, 11) is 0. The summed E-state index contributed by atoms with van der Waals surface area (Å²) < 4.78 is 8.06. The Balaban J connectivity index is 1.54. The lowest BCUT2D eigenvalue weighted by Gasteiger charge is -2.35. The van der Waals surface area contributed by atoms with Crippen LogP contribution in [0.3, 0.4) is 0 Å². The van der Waals surface area contributed by atoms with Gasteiger partial charge in [0.1, 0.15) is 10.5 Å². The smallest absolute Gasteiger partial charge is 0.409 e. The fourth-order valence-electron chi connectivity index (χ4n) is 3.56. The number of aryl methyl sites for hydroxylation is 2. The molecule has 0 spiro atoms. The van der Waals surface area contributed by atoms with E-state index in [0.29, 0.717) is 44.2 Å². The molecule has 15 heteroatoms. The first-order valence-electron chi connectivity index (χ1n) is 11.0. The summed E-state index contributed by atoms with van der Waals surface area (Å²) in [5, 5.41) is 21.8. The first kappa shape index (κ1) is 26.1. The summed E-state index contributed by atoms with van der Waals surface area (Å²) in [6.07, 6.45) is 2.69. The lowest BCUT2D eigenvalue weighted by molar-refractivity contribution is -0.390. The number of carbonyl (C=O) groups excluding carboxylic acids is 3. The molecule has 2 aromatic heterocycles. The Kier molecular flexibility index (Phi) is 8.43. The van der Waals surface area contributed by atoms with Crippen LogP contribution >= 0.6 is 15.9 Å². The number of nitrogens with one attached hydrogen (secondary N) is 1. The molecule has 1 aliphatic heterocycles. The monoisotopic (exact) mass is 554 g/mol. The van der Waals surface area contributed by atoms with Crippen molar-refractivity contribution in [2.75, 3.05) is 38.1 Å². The molecule has 0 radical (unpaired) electrons. The second-order valence-corrected chi connectivity index (χ2v) is 8.77. The van der Waals surface area contributed by atoms with Gasteiger partial charge in [0.15, 0.2) is 0 Å². The van der Waals surface area contributed by atoms with Crippen LogP contribution in [0.15, 0.2) is 16.9 Å². The summed E-state index contributed by atoms with van der Waals surface area (Å²) >= 11 is 3.07. The summed E-state index contributed by atoms with van der Waals surface area (Å²) in [6, 6.07) is -0.601. The van der Waals surface area contributed by atoms with Crippen molar-refractivity contribution in [2.45, 2.75) is 39.8 Å². The van der Waals surface area contributed by atoms with Crippen molar-refractivity contribution < 1.29 is 24.0 Å². The van der Waals surface area contributed by atoms with Gasteiger partial charge in [-0.1, -0.05) is 0 Å². The molecule has 3 amide bonds. The van der Waals surface area contributed by atoms with Gasteiger partial charge in [0, 0.05) is 38.8 Å². The molecule has 0 bridgehead atoms. The Morgan fingerprint density at radius 2 is 1.86 bits per heavy atom. The molecule has 1 aliphatic rings. The first-order chi connectivity index (χ1) is 16.6. The Morgan fingerprint density at radius 3 is 2.46 bits per heavy atom. The van der Waals surface area contributed by atoms with Crippen molar-refractivity contribution in [1.29, 1.82) is 0 Å². The lowest BCUT2D eigenvalue weighted by atomic mass is 10.2. The minimum Gasteiger partial charge on any atom is -0.450 e. The van der Waals surface area contributed by atoms with Crippen LogP contribution in [0.2, 0.25) is 0 Å². The molecule has 0 aliphatic carbocycles. The highest BCUT2D eigenvalue weighted by atomic mass is 79.9. The van der Waals surface area contributed by atoms with Gasteiger partial charge in [0.05, 0.1) is 35.8 Å². The molecular weight excluding hydrogens is 528 g/mol. The SMILES string of the molecule is CCOC(=O)N1CCN(C(=O)C(C)n2cc(NC(=O)CCn3cc(Br)c([N+](=O)[O-])n3)c(C)n2)CC1. The zero-order valence-electron chi connectivity index (χ0n) is 19.6. The van der Waals surface area contributed by atoms with E-state index >= 15 is 0 Å². The fourth-order valence-corrected chi connectivity index (χ4v) is 4.02. The van der Waals surface area contributed by atoms with Crippen molar-refractivity contribution in [2.24, 2.45) is 0 Å². The maximum Gasteiger partial charge on any atom is 0.409 e. The highest BCUT2D eigenvalue weighted by molar-refractivity contribution is 9.10. The quantitative estimate of drug-likeness (QED) is 0.383. The molecule has 0 saturated carbocycles. The number of halogens is 1. The summed E-state index contributed by atoms with van der Waals surface area (Å²) in [6.45, 7) is 7.22. The van der Waals surface area contributed by atoms with Crippen LogP contribution < -0.4 is 5.32 Å². The fraction of sp³-hybridized carbons (Fsp3) is 0.550. The normalized spacial score (nSPS) is 14.5. The van der Waals surface area contributed by atoms with Crippen molar-refractivity contribution in [3.05, 3.63) is 32.7 Å². The third-order valence-electron chi connectivity index (χ3n) is 5.50. The Morgan fingerprint density at radius 1 is 1.20 bits per heavy atom. The molecule has 1 atom stereocenters. The van der Waals surface area contributed by atoms with E-state index in [2.05, 4.69) is 31.4 Å². The zero-order chi connectivity index (χ0) is 25.7. The maximum absolute atomic E-state index is 13.0. The molecule has 1 N–H and O–H groups in total. The Bertz CT molecular complexity index is 1110. The number of hydrogen-bond acceptors (Lipinski definition) is 8. The average Bonchev–Trinajstić information content (AvgIpc) is 3.39. The van der Waals surface area contributed by atoms with Crippen LogP contribution in [-0.2, 0) is 20.9 Å². The van der Waals surface area contributed by atoms with Gasteiger partial charge in [-0.3, -0.25) is 14.3 Å². The Hall–Kier alpha value is -3.49. The largest absolute Gasteiger partial charge is 0.450 e. The van der Waals surface area contributed by atoms with Crippen LogP contribution in [0, 0.1) is 17.0 Å². The number of nitrogens with zero attached hydrogens (tertiary/aromatic N) is 7. The number of nitro groups is 1. The number of anilines is 1. The van der Waals surface area contributed by atoms with Gasteiger partial charge in [0.2, 0.25) is 11.8 Å². The second kappa shape index (κ2) is 11.3. The first-order valence-corrected chi connectivity index (χ1v) is 11.8. The number of aromatic nitrogens is 4. The molecule has 1 unspecified atom stereocenters. The van der Waals surface area contributed by atoms with Crippen LogP contribution in [0.25, 0.3) is 0 Å². The number of piperazine rings is 1. The molecular formula is C20H27BrN8O6. The summed E-state index contributed by atoms with van der Waals surface area (Å²) in [5.74, 6) is -0.778. The zero-order valence-corrected chi connectivity index (χ0v) is 21.2. The molecule has 1 fully saturated rings. The van der Waals surface area contributed by atoms with Crippen molar-refractivity contribution >= 4 is 45.3 Å². The van der Waals surface area contributed by atoms with E-state index in [-0.39, 0.29) is 41.2 Å². The number of hydrogen-bond donors (Lipinski definition) is 1. The minimum atomic E-state index is -0.610. The molecule has 190 valence electrons. The minimum absolute atomic E-state index is 0.0368. The number of carbonyl (C=O) groups is 3. The van der Waals surface area contributed by atoms with Crippen LogP contribution in [0.4, 0.5) is 16.3 Å². The standard InChI is InChI=1S/C20H27BrN8O6/c1-4-35-20(32)26-9-7-25(8-10-26)19(31)14(3)28-12-16(13(2)23-28)22-17(30)5-6-27-11-15(21)18(24-27)29(33)34/h11-12,14H,4-10H2,1-3H3,(H,22,30). The topological polar surface area (TPSA) is 158 Å². The summed E-state index contributed by atoms with van der Waals surface area (Å²) in [5.41, 5.74) is 1.01. The van der Waals surface area contributed by atoms with E-state index in [4.69, 9.17) is 4.74 Å². The molecule has 1 saturated heterocycles. The third-order valence-corrected chi connectivity index (χ3v) is 6.06. The van der Waals surface area contributed by atoms with Crippen LogP contribution in [0.1, 0.15) is 32.0 Å². The van der Waals surface area contributed by atoms with Gasteiger partial charge in [-0.15, -0.1) is 0 Å². The van der Waals surface area contributed by atoms with Gasteiger partial charge in [-0.2, -0.15) is 9.78 Å². The van der Waals surface area contributed by atoms with E-state index in [1.165, 1.54) is 15.6 Å². The number of ether oxygens (including phenoxy) is 1. The summed E-state index contributed by atoms with van der Waals surface area (Å²) in [4.78, 5) is 50.7. The van der Waals surface area contributed by atoms with Gasteiger partial charge in [0.25, 0.3) is 0 Å². The number of rotatable bonds is 8. The van der Waals surface area contributed by atoms with E-state index < -0.39 is 11.0 Å². The molecule has 3 heterocycles. The van der Waals surface area contributed by atoms with E-state index in [1.807, 2.05) is 0 Å². The van der Waals surface area contributed by atoms with Gasteiger partial charge < -0.3 is 30.0 Å². The predicted octanol–water partition coefficient (Wildman–Crippen LogP) is 1.95. The van der Waals surface area contributed by atoms with Crippen LogP contribution in [-0.4, -0.2) is 85.0 Å². The second-order valence-electron chi connectivity index (χ2n) is 7.91. The van der Waals surface area contributed by atoms with Crippen molar-refractivity contribution in [1.82, 2.24) is 29.4 Å².